The number of benzene rings is 2. The third-order valence-electron chi connectivity index (χ3n) is 3.40. The van der Waals surface area contributed by atoms with Crippen molar-refractivity contribution < 1.29 is 9.53 Å². The lowest BCUT2D eigenvalue weighted by atomic mass is 10.0. The summed E-state index contributed by atoms with van der Waals surface area (Å²) in [7, 11) is 1.62. The van der Waals surface area contributed by atoms with Crippen LogP contribution in [0.2, 0.25) is 0 Å². The van der Waals surface area contributed by atoms with Crippen LogP contribution in [0, 0.1) is 0 Å². The van der Waals surface area contributed by atoms with Gasteiger partial charge in [-0.2, -0.15) is 0 Å². The Labute approximate surface area is 112 Å². The highest BCUT2D eigenvalue weighted by atomic mass is 16.5. The summed E-state index contributed by atoms with van der Waals surface area (Å²) in [6.07, 6.45) is 0. The van der Waals surface area contributed by atoms with E-state index in [0.29, 0.717) is 0 Å². The molecule has 19 heavy (non-hydrogen) atoms. The molecule has 3 rings (SSSR count). The van der Waals surface area contributed by atoms with Gasteiger partial charge in [-0.3, -0.25) is 10.1 Å². The zero-order chi connectivity index (χ0) is 13.2. The van der Waals surface area contributed by atoms with Gasteiger partial charge in [0.1, 0.15) is 5.75 Å². The highest BCUT2D eigenvalue weighted by molar-refractivity contribution is 6.02. The van der Waals surface area contributed by atoms with Crippen LogP contribution < -0.4 is 10.1 Å². The molecule has 2 aromatic rings. The molecule has 1 N–H and O–H groups in total. The summed E-state index contributed by atoms with van der Waals surface area (Å²) in [5.41, 5.74) is 1.88. The fourth-order valence-electron chi connectivity index (χ4n) is 2.25. The normalized spacial score (nSPS) is 20.9. The van der Waals surface area contributed by atoms with Crippen LogP contribution in [0.25, 0.3) is 0 Å². The van der Waals surface area contributed by atoms with E-state index in [0.717, 1.165) is 16.9 Å². The molecule has 3 nitrogen and oxygen atoms in total. The Morgan fingerprint density at radius 2 is 1.74 bits per heavy atom. The molecular weight excluding hydrogens is 238 g/mol. The van der Waals surface area contributed by atoms with Crippen molar-refractivity contribution in [1.82, 2.24) is 5.32 Å². The van der Waals surface area contributed by atoms with E-state index in [1.54, 1.807) is 7.11 Å². The second kappa shape index (κ2) is 4.86. The Bertz CT molecular complexity index is 577. The zero-order valence-corrected chi connectivity index (χ0v) is 10.7. The summed E-state index contributed by atoms with van der Waals surface area (Å²) in [6, 6.07) is 17.3. The molecule has 1 heterocycles. The van der Waals surface area contributed by atoms with Crippen LogP contribution in [0.1, 0.15) is 22.0 Å². The van der Waals surface area contributed by atoms with Crippen molar-refractivity contribution in [2.24, 2.45) is 0 Å². The summed E-state index contributed by atoms with van der Waals surface area (Å²) in [5, 5.41) is 3.23. The van der Waals surface area contributed by atoms with Crippen LogP contribution in [0.4, 0.5) is 0 Å². The molecule has 0 aliphatic carbocycles. The van der Waals surface area contributed by atoms with Gasteiger partial charge < -0.3 is 4.74 Å². The molecule has 2 atom stereocenters. The summed E-state index contributed by atoms with van der Waals surface area (Å²) in [4.78, 5) is 12.3. The molecule has 1 fully saturated rings. The molecule has 96 valence electrons. The van der Waals surface area contributed by atoms with Gasteiger partial charge >= 0.3 is 0 Å². The average Bonchev–Trinajstić information content (AvgIpc) is 3.28. The lowest BCUT2D eigenvalue weighted by Gasteiger charge is -2.02. The van der Waals surface area contributed by atoms with E-state index >= 15 is 0 Å². The zero-order valence-electron chi connectivity index (χ0n) is 10.7. The van der Waals surface area contributed by atoms with Gasteiger partial charge in [0.05, 0.1) is 19.2 Å². The number of hydrogen-bond donors (Lipinski definition) is 1. The molecule has 1 aliphatic rings. The Morgan fingerprint density at radius 3 is 2.37 bits per heavy atom. The minimum atomic E-state index is -0.101. The number of Topliss-reactive ketones (excluding diaryl/α,β-unsaturated/α-hetero) is 1. The number of methoxy groups -OCH3 is 1. The molecule has 3 heteroatoms. The maximum absolute atomic E-state index is 12.3. The van der Waals surface area contributed by atoms with Gasteiger partial charge in [0, 0.05) is 5.56 Å². The standard InChI is InChI=1S/C16H15NO2/c1-19-13-9-7-12(8-10-13)16(18)15-14(17-15)11-5-3-2-4-6-11/h2-10,14-15,17H,1H3/t14-,15+/m1/s1. The summed E-state index contributed by atoms with van der Waals surface area (Å²) in [6.45, 7) is 0. The first-order valence-electron chi connectivity index (χ1n) is 6.29. The van der Waals surface area contributed by atoms with Crippen molar-refractivity contribution in [3.05, 3.63) is 65.7 Å². The first kappa shape index (κ1) is 11.9. The van der Waals surface area contributed by atoms with Gasteiger partial charge in [0.2, 0.25) is 0 Å². The Kier molecular flexibility index (Phi) is 3.05. The topological polar surface area (TPSA) is 48.2 Å². The summed E-state index contributed by atoms with van der Waals surface area (Å²) >= 11 is 0. The first-order chi connectivity index (χ1) is 9.29. The van der Waals surface area contributed by atoms with Crippen LogP contribution in [-0.2, 0) is 0 Å². The van der Waals surface area contributed by atoms with E-state index in [2.05, 4.69) is 5.32 Å². The largest absolute Gasteiger partial charge is 0.497 e. The highest BCUT2D eigenvalue weighted by Gasteiger charge is 2.43. The van der Waals surface area contributed by atoms with Gasteiger partial charge in [0.25, 0.3) is 0 Å². The molecule has 0 saturated carbocycles. The number of rotatable bonds is 4. The quantitative estimate of drug-likeness (QED) is 0.673. The molecule has 0 unspecified atom stereocenters. The molecule has 1 saturated heterocycles. The number of carbonyl (C=O) groups excluding carboxylic acids is 1. The predicted octanol–water partition coefficient (Wildman–Crippen LogP) is 2.59. The van der Waals surface area contributed by atoms with E-state index in [1.165, 1.54) is 0 Å². The van der Waals surface area contributed by atoms with Gasteiger partial charge in [0.15, 0.2) is 5.78 Å². The fourth-order valence-corrected chi connectivity index (χ4v) is 2.25. The highest BCUT2D eigenvalue weighted by Crippen LogP contribution is 2.32. The monoisotopic (exact) mass is 253 g/mol. The van der Waals surface area contributed by atoms with E-state index in [1.807, 2.05) is 54.6 Å². The number of ether oxygens (including phenoxy) is 1. The molecule has 2 aromatic carbocycles. The minimum Gasteiger partial charge on any atom is -0.497 e. The van der Waals surface area contributed by atoms with Crippen molar-refractivity contribution in [3.63, 3.8) is 0 Å². The SMILES string of the molecule is COc1ccc(C(=O)[C@H]2N[C@@H]2c2ccccc2)cc1. The lowest BCUT2D eigenvalue weighted by Crippen LogP contribution is -2.10. The number of hydrogen-bond acceptors (Lipinski definition) is 3. The molecule has 0 aromatic heterocycles. The molecule has 0 amide bonds. The van der Waals surface area contributed by atoms with Crippen LogP contribution in [0.5, 0.6) is 5.75 Å². The van der Waals surface area contributed by atoms with E-state index in [9.17, 15) is 4.79 Å². The summed E-state index contributed by atoms with van der Waals surface area (Å²) in [5.74, 6) is 0.899. The third-order valence-corrected chi connectivity index (χ3v) is 3.40. The molecule has 1 aliphatic heterocycles. The number of ketones is 1. The van der Waals surface area contributed by atoms with Crippen LogP contribution >= 0.6 is 0 Å². The van der Waals surface area contributed by atoms with E-state index in [4.69, 9.17) is 4.74 Å². The molecule has 0 bridgehead atoms. The Hall–Kier alpha value is -2.13. The van der Waals surface area contributed by atoms with Crippen molar-refractivity contribution in [3.8, 4) is 5.75 Å². The third kappa shape index (κ3) is 2.37. The van der Waals surface area contributed by atoms with Crippen LogP contribution in [-0.4, -0.2) is 18.9 Å². The average molecular weight is 253 g/mol. The second-order valence-corrected chi connectivity index (χ2v) is 4.63. The van der Waals surface area contributed by atoms with E-state index < -0.39 is 0 Å². The second-order valence-electron chi connectivity index (χ2n) is 4.63. The van der Waals surface area contributed by atoms with Crippen molar-refractivity contribution in [2.45, 2.75) is 12.1 Å². The molecule has 0 spiro atoms. The summed E-state index contributed by atoms with van der Waals surface area (Å²) < 4.78 is 5.09. The number of carbonyl (C=O) groups is 1. The maximum Gasteiger partial charge on any atom is 0.181 e. The first-order valence-corrected chi connectivity index (χ1v) is 6.29. The number of nitrogens with one attached hydrogen (secondary N) is 1. The fraction of sp³-hybridized carbons (Fsp3) is 0.188. The van der Waals surface area contributed by atoms with Crippen molar-refractivity contribution in [2.75, 3.05) is 7.11 Å². The Balaban J connectivity index is 1.72. The van der Waals surface area contributed by atoms with E-state index in [-0.39, 0.29) is 17.9 Å². The Morgan fingerprint density at radius 1 is 1.05 bits per heavy atom. The lowest BCUT2D eigenvalue weighted by molar-refractivity contribution is 0.0988. The van der Waals surface area contributed by atoms with Crippen LogP contribution in [0.15, 0.2) is 54.6 Å². The van der Waals surface area contributed by atoms with Gasteiger partial charge in [-0.1, -0.05) is 30.3 Å². The smallest absolute Gasteiger partial charge is 0.181 e. The molecular formula is C16H15NO2. The molecule has 0 radical (unpaired) electrons. The van der Waals surface area contributed by atoms with Gasteiger partial charge in [-0.15, -0.1) is 0 Å². The van der Waals surface area contributed by atoms with Crippen molar-refractivity contribution in [1.29, 1.82) is 0 Å². The maximum atomic E-state index is 12.3. The van der Waals surface area contributed by atoms with Gasteiger partial charge in [-0.05, 0) is 29.8 Å². The van der Waals surface area contributed by atoms with Gasteiger partial charge in [-0.25, -0.2) is 0 Å². The van der Waals surface area contributed by atoms with Crippen LogP contribution in [0.3, 0.4) is 0 Å². The van der Waals surface area contributed by atoms with Crippen molar-refractivity contribution >= 4 is 5.78 Å². The predicted molar refractivity (Wildman–Crippen MR) is 73.4 cm³/mol. The minimum absolute atomic E-state index is 0.101.